The van der Waals surface area contributed by atoms with Crippen molar-refractivity contribution in [3.63, 3.8) is 0 Å². The van der Waals surface area contributed by atoms with Crippen LogP contribution in [0.5, 0.6) is 0 Å². The van der Waals surface area contributed by atoms with E-state index in [4.69, 9.17) is 0 Å². The van der Waals surface area contributed by atoms with Crippen LogP contribution in [0.4, 0.5) is 0 Å². The molecule has 0 heterocycles. The molecule has 112 heavy (non-hydrogen) atoms. The molecule has 0 N–H and O–H groups in total. The molecule has 23 rings (SSSR count). The lowest BCUT2D eigenvalue weighted by Gasteiger charge is -2.25. The van der Waals surface area contributed by atoms with E-state index in [1.54, 1.807) is 0 Å². The highest BCUT2D eigenvalue weighted by atomic mass is 14.4. The van der Waals surface area contributed by atoms with E-state index in [0.29, 0.717) is 0 Å². The van der Waals surface area contributed by atoms with Crippen LogP contribution < -0.4 is 0 Å². The van der Waals surface area contributed by atoms with Crippen molar-refractivity contribution >= 4 is 108 Å². The van der Waals surface area contributed by atoms with Crippen LogP contribution in [0.3, 0.4) is 0 Å². The molecule has 0 aromatic heterocycles. The van der Waals surface area contributed by atoms with Gasteiger partial charge in [0.15, 0.2) is 0 Å². The fraction of sp³-hybridized carbons (Fsp3) is 0.0536. The molecule has 524 valence electrons. The summed E-state index contributed by atoms with van der Waals surface area (Å²) >= 11 is 0. The molecule has 0 radical (unpaired) electrons. The molecule has 2 aliphatic carbocycles. The Kier molecular flexibility index (Phi) is 14.8. The minimum Gasteiger partial charge on any atom is -0.0616 e. The highest BCUT2D eigenvalue weighted by molar-refractivity contribution is 6.26. The molecule has 0 heteroatoms. The van der Waals surface area contributed by atoms with E-state index < -0.39 is 0 Å². The summed E-state index contributed by atoms with van der Waals surface area (Å²) in [4.78, 5) is 0. The Labute approximate surface area is 652 Å². The van der Waals surface area contributed by atoms with Gasteiger partial charge in [-0.25, -0.2) is 0 Å². The number of hydrogen-bond donors (Lipinski definition) is 0. The van der Waals surface area contributed by atoms with Crippen molar-refractivity contribution in [1.29, 1.82) is 0 Å². The Morgan fingerprint density at radius 3 is 0.812 bits per heavy atom. The molecule has 0 atom stereocenters. The largest absolute Gasteiger partial charge is 0.0616 e. The van der Waals surface area contributed by atoms with Crippen LogP contribution in [0, 0.1) is 0 Å². The van der Waals surface area contributed by atoms with Gasteiger partial charge in [0.25, 0.3) is 0 Å². The van der Waals surface area contributed by atoms with Gasteiger partial charge in [-0.1, -0.05) is 386 Å². The summed E-state index contributed by atoms with van der Waals surface area (Å²) in [6.45, 7) is 9.57. The lowest BCUT2D eigenvalue weighted by Crippen LogP contribution is -2.16. The smallest absolute Gasteiger partial charge is 0.0165 e. The maximum atomic E-state index is 2.42. The monoisotopic (exact) mass is 1420 g/mol. The van der Waals surface area contributed by atoms with E-state index >= 15 is 0 Å². The summed E-state index contributed by atoms with van der Waals surface area (Å²) in [5, 5.41) is 25.6. The summed E-state index contributed by atoms with van der Waals surface area (Å²) in [5.41, 5.74) is 28.6. The molecule has 21 aromatic rings. The average molecular weight is 1420 g/mol. The van der Waals surface area contributed by atoms with Gasteiger partial charge in [0.05, 0.1) is 0 Å². The fourth-order valence-electron chi connectivity index (χ4n) is 20.1. The third kappa shape index (κ3) is 10.1. The number of rotatable bonds is 7. The summed E-state index contributed by atoms with van der Waals surface area (Å²) in [7, 11) is 0. The minimum absolute atomic E-state index is 0.111. The van der Waals surface area contributed by atoms with Gasteiger partial charge in [-0.2, -0.15) is 0 Å². The summed E-state index contributed by atoms with van der Waals surface area (Å²) in [6, 6.07) is 145. The van der Waals surface area contributed by atoms with E-state index in [9.17, 15) is 0 Å². The van der Waals surface area contributed by atoms with Gasteiger partial charge in [-0.05, 0) is 260 Å². The summed E-state index contributed by atoms with van der Waals surface area (Å²) in [6.07, 6.45) is 0. The Morgan fingerprint density at radius 1 is 0.143 bits per heavy atom. The molecule has 0 fully saturated rings. The molecule has 2 aliphatic rings. The molecule has 0 unspecified atom stereocenters. The van der Waals surface area contributed by atoms with E-state index in [1.165, 1.54) is 230 Å². The molecule has 0 spiro atoms. The third-order valence-electron chi connectivity index (χ3n) is 25.2. The van der Waals surface area contributed by atoms with E-state index in [2.05, 4.69) is 416 Å². The fourth-order valence-corrected chi connectivity index (χ4v) is 20.1. The molecular formula is C112H76. The van der Waals surface area contributed by atoms with Crippen molar-refractivity contribution in [1.82, 2.24) is 0 Å². The number of benzene rings is 21. The second kappa shape index (κ2) is 25.4. The average Bonchev–Trinajstić information content (AvgIpc) is 1.47. The Morgan fingerprint density at radius 2 is 0.402 bits per heavy atom. The first kappa shape index (κ1) is 65.3. The molecule has 0 saturated carbocycles. The van der Waals surface area contributed by atoms with Crippen LogP contribution in [0.15, 0.2) is 388 Å². The van der Waals surface area contributed by atoms with Crippen molar-refractivity contribution in [3.8, 4) is 100 Å². The van der Waals surface area contributed by atoms with Crippen molar-refractivity contribution in [2.75, 3.05) is 0 Å². The topological polar surface area (TPSA) is 0 Å². The van der Waals surface area contributed by atoms with Crippen LogP contribution in [-0.2, 0) is 10.8 Å². The number of hydrogen-bond acceptors (Lipinski definition) is 0. The van der Waals surface area contributed by atoms with Gasteiger partial charge in [0.2, 0.25) is 0 Å². The first-order chi connectivity index (χ1) is 55.1. The molecule has 0 amide bonds. The molecule has 0 nitrogen and oxygen atoms in total. The van der Waals surface area contributed by atoms with Crippen molar-refractivity contribution in [3.05, 3.63) is 411 Å². The lowest BCUT2D eigenvalue weighted by atomic mass is 9.78. The normalized spacial score (nSPS) is 13.1. The van der Waals surface area contributed by atoms with Crippen LogP contribution in [0.25, 0.3) is 208 Å². The molecular weight excluding hydrogens is 1350 g/mol. The van der Waals surface area contributed by atoms with E-state index in [1.807, 2.05) is 0 Å². The van der Waals surface area contributed by atoms with Crippen molar-refractivity contribution < 1.29 is 0 Å². The molecule has 21 aromatic carbocycles. The first-order valence-electron chi connectivity index (χ1n) is 39.4. The Balaban J connectivity index is 0.000000138. The van der Waals surface area contributed by atoms with Crippen molar-refractivity contribution in [2.24, 2.45) is 0 Å². The van der Waals surface area contributed by atoms with Crippen LogP contribution in [0.2, 0.25) is 0 Å². The second-order valence-electron chi connectivity index (χ2n) is 32.0. The highest BCUT2D eigenvalue weighted by Gasteiger charge is 2.40. The van der Waals surface area contributed by atoms with Gasteiger partial charge in [0.1, 0.15) is 0 Å². The summed E-state index contributed by atoms with van der Waals surface area (Å²) < 4.78 is 0. The van der Waals surface area contributed by atoms with Gasteiger partial charge < -0.3 is 0 Å². The Bertz CT molecular complexity index is 7400. The molecule has 0 aliphatic heterocycles. The van der Waals surface area contributed by atoms with Gasteiger partial charge in [-0.15, -0.1) is 0 Å². The predicted molar refractivity (Wildman–Crippen MR) is 481 cm³/mol. The molecule has 0 bridgehead atoms. The number of fused-ring (bicyclic) bond motifs is 18. The minimum atomic E-state index is -0.117. The molecule has 0 saturated heterocycles. The highest BCUT2D eigenvalue weighted by Crippen LogP contribution is 2.57. The predicted octanol–water partition coefficient (Wildman–Crippen LogP) is 31.2. The van der Waals surface area contributed by atoms with Gasteiger partial charge in [0, 0.05) is 10.8 Å². The standard InChI is InChI=1S/C59H40.C53H36/c1-59(2)55-36-42-15-4-3-14-41(42)34-54(55)52-25-13-24-45(58(52)59)37-26-30-39(31-27-37)56-48-20-9-11-22-50(48)57(51-23-12-10-21-49(51)56)40-32-28-38(29-33-40)53-35-43-16-5-6-17-44(43)46-18-7-8-19-47(46)53;1-53(2)49-32-37-15-4-3-14-36(37)31-48(49)47-24-11-21-39(52(47)53)34-25-27-35(28-26-34)50-43-17-7-9-19-45(43)51(46-20-10-8-18-44(46)50)42-23-12-22-40-38-16-6-5-13-33(38)29-30-41(40)42/h3-36H,1-2H3;3-32H,1-2H3. The van der Waals surface area contributed by atoms with Crippen LogP contribution in [-0.4, -0.2) is 0 Å². The zero-order chi connectivity index (χ0) is 74.5. The maximum Gasteiger partial charge on any atom is 0.0165 e. The maximum absolute atomic E-state index is 2.42. The van der Waals surface area contributed by atoms with Gasteiger partial charge in [-0.3, -0.25) is 0 Å². The summed E-state index contributed by atoms with van der Waals surface area (Å²) in [5.74, 6) is 0. The zero-order valence-electron chi connectivity index (χ0n) is 63.0. The van der Waals surface area contributed by atoms with Crippen molar-refractivity contribution in [2.45, 2.75) is 38.5 Å². The third-order valence-corrected chi connectivity index (χ3v) is 25.2. The Hall–Kier alpha value is -13.8. The van der Waals surface area contributed by atoms with E-state index in [-0.39, 0.29) is 10.8 Å². The van der Waals surface area contributed by atoms with Crippen LogP contribution in [0.1, 0.15) is 49.9 Å². The van der Waals surface area contributed by atoms with Crippen LogP contribution >= 0.6 is 0 Å². The second-order valence-corrected chi connectivity index (χ2v) is 32.0. The lowest BCUT2D eigenvalue weighted by molar-refractivity contribution is 0.663. The van der Waals surface area contributed by atoms with E-state index in [0.717, 1.165) is 0 Å². The SMILES string of the molecule is CC1(C)c2cc3ccccc3cc2-c2cccc(-c3ccc(-c4c5ccccc5c(-c5ccc(-c6cc7ccccc7c7ccccc67)cc5)c5ccccc45)cc3)c21.CC1(C)c2cc3ccccc3cc2-c2cccc(-c3ccc(-c4c5ccccc5c(-c5cccc6c5ccc5ccccc56)c5ccccc45)cc3)c21. The first-order valence-corrected chi connectivity index (χ1v) is 39.4. The quantitative estimate of drug-likeness (QED) is 0.110. The van der Waals surface area contributed by atoms with Gasteiger partial charge >= 0.3 is 0 Å². The zero-order valence-corrected chi connectivity index (χ0v) is 63.0.